The van der Waals surface area contributed by atoms with Crippen LogP contribution in [0, 0.1) is 17.0 Å². The van der Waals surface area contributed by atoms with Crippen molar-refractivity contribution in [1.82, 2.24) is 4.98 Å². The second-order valence-electron chi connectivity index (χ2n) is 4.40. The summed E-state index contributed by atoms with van der Waals surface area (Å²) in [4.78, 5) is 26.7. The van der Waals surface area contributed by atoms with Gasteiger partial charge < -0.3 is 0 Å². The number of thiazole rings is 1. The number of nitro benzene ring substituents is 1. The van der Waals surface area contributed by atoms with Gasteiger partial charge in [-0.3, -0.25) is 14.9 Å². The fraction of sp³-hybridized carbons (Fsp3) is 0.385. The molecule has 1 aromatic heterocycles. The van der Waals surface area contributed by atoms with Gasteiger partial charge in [0.25, 0.3) is 5.69 Å². The molecule has 19 heavy (non-hydrogen) atoms. The fourth-order valence-electron chi connectivity index (χ4n) is 2.01. The number of ketones is 1. The zero-order valence-corrected chi connectivity index (χ0v) is 11.6. The van der Waals surface area contributed by atoms with Gasteiger partial charge in [0.1, 0.15) is 5.78 Å². The average Bonchev–Trinajstić information content (AvgIpc) is 2.67. The van der Waals surface area contributed by atoms with Crippen LogP contribution in [0.15, 0.2) is 12.1 Å². The second kappa shape index (κ2) is 5.44. The Bertz CT molecular complexity index is 649. The van der Waals surface area contributed by atoms with Crippen molar-refractivity contribution in [2.45, 2.75) is 33.1 Å². The summed E-state index contributed by atoms with van der Waals surface area (Å²) in [5.41, 5.74) is 1.20. The van der Waals surface area contributed by atoms with Crippen molar-refractivity contribution in [3.05, 3.63) is 32.8 Å². The van der Waals surface area contributed by atoms with Gasteiger partial charge in [-0.05, 0) is 19.4 Å². The summed E-state index contributed by atoms with van der Waals surface area (Å²) in [6, 6.07) is 3.19. The number of nitrogens with zero attached hydrogens (tertiary/aromatic N) is 2. The SMILES string of the molecule is CCCC(=O)Cc1cc2nc(C)sc2cc1[N+](=O)[O-]. The Labute approximate surface area is 114 Å². The van der Waals surface area contributed by atoms with Gasteiger partial charge in [-0.25, -0.2) is 4.98 Å². The Morgan fingerprint density at radius 3 is 2.84 bits per heavy atom. The summed E-state index contributed by atoms with van der Waals surface area (Å²) in [5.74, 6) is 0.0249. The average molecular weight is 278 g/mol. The van der Waals surface area contributed by atoms with Crippen LogP contribution < -0.4 is 0 Å². The van der Waals surface area contributed by atoms with E-state index in [0.717, 1.165) is 21.6 Å². The smallest absolute Gasteiger partial charge is 0.274 e. The van der Waals surface area contributed by atoms with E-state index in [0.29, 0.717) is 12.0 Å². The predicted molar refractivity (Wildman–Crippen MR) is 74.6 cm³/mol. The fourth-order valence-corrected chi connectivity index (χ4v) is 2.85. The normalized spacial score (nSPS) is 10.8. The largest absolute Gasteiger partial charge is 0.299 e. The summed E-state index contributed by atoms with van der Waals surface area (Å²) in [6.07, 6.45) is 1.31. The molecule has 0 fully saturated rings. The molecule has 0 aliphatic heterocycles. The van der Waals surface area contributed by atoms with Gasteiger partial charge in [-0.1, -0.05) is 6.92 Å². The molecule has 0 bridgehead atoms. The van der Waals surface area contributed by atoms with E-state index in [2.05, 4.69) is 4.98 Å². The van der Waals surface area contributed by atoms with E-state index < -0.39 is 4.92 Å². The quantitative estimate of drug-likeness (QED) is 0.620. The number of aromatic nitrogens is 1. The predicted octanol–water partition coefficient (Wildman–Crippen LogP) is 3.42. The molecule has 1 heterocycles. The van der Waals surface area contributed by atoms with Crippen LogP contribution in [0.3, 0.4) is 0 Å². The molecule has 0 atom stereocenters. The summed E-state index contributed by atoms with van der Waals surface area (Å²) in [7, 11) is 0. The number of fused-ring (bicyclic) bond motifs is 1. The van der Waals surface area contributed by atoms with E-state index in [1.54, 1.807) is 6.07 Å². The summed E-state index contributed by atoms with van der Waals surface area (Å²) in [6.45, 7) is 3.78. The van der Waals surface area contributed by atoms with E-state index in [1.165, 1.54) is 17.4 Å². The minimum Gasteiger partial charge on any atom is -0.299 e. The van der Waals surface area contributed by atoms with Crippen molar-refractivity contribution >= 4 is 33.0 Å². The molecule has 5 nitrogen and oxygen atoms in total. The molecule has 1 aromatic carbocycles. The summed E-state index contributed by atoms with van der Waals surface area (Å²) >= 11 is 1.42. The van der Waals surface area contributed by atoms with Crippen LogP contribution in [-0.2, 0) is 11.2 Å². The van der Waals surface area contributed by atoms with E-state index in [-0.39, 0.29) is 17.9 Å². The van der Waals surface area contributed by atoms with Gasteiger partial charge in [0.2, 0.25) is 0 Å². The molecule has 0 radical (unpaired) electrons. The molecule has 0 aliphatic rings. The molecule has 0 saturated heterocycles. The molecule has 0 N–H and O–H groups in total. The monoisotopic (exact) mass is 278 g/mol. The number of nitro groups is 1. The lowest BCUT2D eigenvalue weighted by atomic mass is 10.0. The molecule has 0 unspecified atom stereocenters. The topological polar surface area (TPSA) is 73.1 Å². The first kappa shape index (κ1) is 13.6. The van der Waals surface area contributed by atoms with Crippen LogP contribution in [0.25, 0.3) is 10.2 Å². The maximum Gasteiger partial charge on any atom is 0.274 e. The van der Waals surface area contributed by atoms with E-state index in [4.69, 9.17) is 0 Å². The molecule has 0 saturated carbocycles. The van der Waals surface area contributed by atoms with E-state index in [1.807, 2.05) is 13.8 Å². The van der Waals surface area contributed by atoms with Crippen molar-refractivity contribution < 1.29 is 9.72 Å². The zero-order valence-electron chi connectivity index (χ0n) is 10.8. The van der Waals surface area contributed by atoms with Crippen LogP contribution in [-0.4, -0.2) is 15.7 Å². The molecule has 2 aromatic rings. The van der Waals surface area contributed by atoms with Crippen LogP contribution in [0.1, 0.15) is 30.3 Å². The van der Waals surface area contributed by atoms with Gasteiger partial charge in [0, 0.05) is 24.5 Å². The number of carbonyl (C=O) groups excluding carboxylic acids is 1. The Kier molecular flexibility index (Phi) is 3.90. The maximum absolute atomic E-state index is 11.7. The number of benzene rings is 1. The Hall–Kier alpha value is -1.82. The molecule has 0 aliphatic carbocycles. The van der Waals surface area contributed by atoms with Crippen LogP contribution >= 0.6 is 11.3 Å². The third kappa shape index (κ3) is 2.96. The molecule has 0 amide bonds. The molecular weight excluding hydrogens is 264 g/mol. The van der Waals surface area contributed by atoms with E-state index >= 15 is 0 Å². The van der Waals surface area contributed by atoms with Crippen molar-refractivity contribution in [3.8, 4) is 0 Å². The lowest BCUT2D eigenvalue weighted by Gasteiger charge is -2.02. The minimum absolute atomic E-state index is 0.0144. The number of hydrogen-bond acceptors (Lipinski definition) is 5. The van der Waals surface area contributed by atoms with Crippen molar-refractivity contribution in [3.63, 3.8) is 0 Å². The third-order valence-electron chi connectivity index (χ3n) is 2.81. The highest BCUT2D eigenvalue weighted by Gasteiger charge is 2.19. The van der Waals surface area contributed by atoms with Crippen LogP contribution in [0.4, 0.5) is 5.69 Å². The Balaban J connectivity index is 2.47. The van der Waals surface area contributed by atoms with E-state index in [9.17, 15) is 14.9 Å². The first-order valence-corrected chi connectivity index (χ1v) is 6.89. The van der Waals surface area contributed by atoms with Gasteiger partial charge >= 0.3 is 0 Å². The second-order valence-corrected chi connectivity index (χ2v) is 5.64. The molecular formula is C13H14N2O3S. The zero-order chi connectivity index (χ0) is 14.0. The number of Topliss-reactive ketones (excluding diaryl/α,β-unsaturated/α-hetero) is 1. The van der Waals surface area contributed by atoms with Crippen LogP contribution in [0.2, 0.25) is 0 Å². The lowest BCUT2D eigenvalue weighted by molar-refractivity contribution is -0.385. The highest BCUT2D eigenvalue weighted by atomic mass is 32.1. The minimum atomic E-state index is -0.428. The van der Waals surface area contributed by atoms with Gasteiger partial charge in [0.05, 0.1) is 20.1 Å². The first-order valence-electron chi connectivity index (χ1n) is 6.07. The summed E-state index contributed by atoms with van der Waals surface area (Å²) in [5, 5.41) is 12.0. The molecule has 0 spiro atoms. The van der Waals surface area contributed by atoms with Crippen LogP contribution in [0.5, 0.6) is 0 Å². The standard InChI is InChI=1S/C13H14N2O3S/c1-3-4-10(16)5-9-6-11-13(19-8(2)14-11)7-12(9)15(17)18/h6-7H,3-5H2,1-2H3. The Morgan fingerprint density at radius 1 is 1.47 bits per heavy atom. The molecule has 100 valence electrons. The van der Waals surface area contributed by atoms with Crippen molar-refractivity contribution in [2.75, 3.05) is 0 Å². The Morgan fingerprint density at radius 2 is 2.21 bits per heavy atom. The maximum atomic E-state index is 11.7. The number of rotatable bonds is 5. The third-order valence-corrected chi connectivity index (χ3v) is 3.74. The summed E-state index contributed by atoms with van der Waals surface area (Å²) < 4.78 is 0.788. The number of aryl methyl sites for hydroxylation is 1. The highest BCUT2D eigenvalue weighted by Crippen LogP contribution is 2.30. The number of carbonyl (C=O) groups is 1. The van der Waals surface area contributed by atoms with Crippen molar-refractivity contribution in [1.29, 1.82) is 0 Å². The van der Waals surface area contributed by atoms with Gasteiger partial charge in [-0.2, -0.15) is 0 Å². The lowest BCUT2D eigenvalue weighted by Crippen LogP contribution is -2.04. The van der Waals surface area contributed by atoms with Crippen molar-refractivity contribution in [2.24, 2.45) is 0 Å². The highest BCUT2D eigenvalue weighted by molar-refractivity contribution is 7.18. The molecule has 6 heteroatoms. The van der Waals surface area contributed by atoms with Gasteiger partial charge in [0.15, 0.2) is 0 Å². The molecule has 2 rings (SSSR count). The first-order chi connectivity index (χ1) is 9.01. The van der Waals surface area contributed by atoms with Gasteiger partial charge in [-0.15, -0.1) is 11.3 Å². The number of hydrogen-bond donors (Lipinski definition) is 0.